The molecular formula is C26H32N4O6S. The second-order valence-corrected chi connectivity index (χ2v) is 11.2. The fraction of sp³-hybridized carbons (Fsp3) is 0.423. The number of aliphatic hydroxyl groups excluding tert-OH is 1. The zero-order valence-corrected chi connectivity index (χ0v) is 21.6. The molecule has 1 saturated heterocycles. The molecule has 37 heavy (non-hydrogen) atoms. The summed E-state index contributed by atoms with van der Waals surface area (Å²) in [7, 11) is -3.88. The lowest BCUT2D eigenvalue weighted by atomic mass is 9.97. The smallest absolute Gasteiger partial charge is 0.287 e. The van der Waals surface area contributed by atoms with Gasteiger partial charge in [0.2, 0.25) is 5.91 Å². The van der Waals surface area contributed by atoms with E-state index in [-0.39, 0.29) is 29.8 Å². The van der Waals surface area contributed by atoms with Gasteiger partial charge in [0, 0.05) is 24.7 Å². The Kier molecular flexibility index (Phi) is 8.25. The van der Waals surface area contributed by atoms with Crippen LogP contribution in [-0.4, -0.2) is 65.9 Å². The van der Waals surface area contributed by atoms with Crippen molar-refractivity contribution in [2.45, 2.75) is 56.3 Å². The third kappa shape index (κ3) is 6.00. The average Bonchev–Trinajstić information content (AvgIpc) is 3.26. The molecule has 0 spiro atoms. The van der Waals surface area contributed by atoms with Crippen molar-refractivity contribution in [3.8, 4) is 0 Å². The van der Waals surface area contributed by atoms with Crippen LogP contribution in [0.4, 0.5) is 0 Å². The molecule has 0 aliphatic carbocycles. The van der Waals surface area contributed by atoms with Crippen molar-refractivity contribution in [1.82, 2.24) is 19.9 Å². The van der Waals surface area contributed by atoms with E-state index in [4.69, 9.17) is 4.42 Å². The maximum Gasteiger partial charge on any atom is 0.287 e. The Labute approximate surface area is 216 Å². The monoisotopic (exact) mass is 528 g/mol. The summed E-state index contributed by atoms with van der Waals surface area (Å²) in [6, 6.07) is 12.0. The Bertz CT molecular complexity index is 1310. The van der Waals surface area contributed by atoms with Crippen molar-refractivity contribution in [2.75, 3.05) is 13.1 Å². The van der Waals surface area contributed by atoms with Crippen molar-refractivity contribution < 1.29 is 27.5 Å². The van der Waals surface area contributed by atoms with Gasteiger partial charge in [0.15, 0.2) is 10.8 Å². The number of hydrogen-bond acceptors (Lipinski definition) is 7. The van der Waals surface area contributed by atoms with Gasteiger partial charge in [-0.05, 0) is 43.0 Å². The SMILES string of the molecule is CCC(C)C(NC(=O)c1cc2ccccc2o1)C(=O)NC1CCCN(S(=O)(=O)c2ccccn2)C[C@@H]1O. The number of nitrogens with zero attached hydrogens (tertiary/aromatic N) is 2. The highest BCUT2D eigenvalue weighted by molar-refractivity contribution is 7.89. The van der Waals surface area contributed by atoms with Crippen LogP contribution < -0.4 is 10.6 Å². The van der Waals surface area contributed by atoms with Crippen LogP contribution >= 0.6 is 0 Å². The molecule has 1 aliphatic heterocycles. The summed E-state index contributed by atoms with van der Waals surface area (Å²) in [4.78, 5) is 30.2. The molecule has 1 aliphatic rings. The number of benzene rings is 1. The van der Waals surface area contributed by atoms with Crippen molar-refractivity contribution in [3.05, 3.63) is 60.5 Å². The number of sulfonamides is 1. The van der Waals surface area contributed by atoms with Gasteiger partial charge >= 0.3 is 0 Å². The Morgan fingerprint density at radius 1 is 1.22 bits per heavy atom. The number of β-amino-alcohol motifs (C(OH)–C–C–N with tert-alkyl or cyclic N) is 1. The number of nitrogens with one attached hydrogen (secondary N) is 2. The van der Waals surface area contributed by atoms with Gasteiger partial charge in [-0.2, -0.15) is 4.31 Å². The van der Waals surface area contributed by atoms with Gasteiger partial charge in [-0.15, -0.1) is 0 Å². The predicted molar refractivity (Wildman–Crippen MR) is 137 cm³/mol. The Balaban J connectivity index is 1.44. The van der Waals surface area contributed by atoms with E-state index in [1.165, 1.54) is 16.6 Å². The fourth-order valence-corrected chi connectivity index (χ4v) is 5.83. The van der Waals surface area contributed by atoms with Crippen LogP contribution in [0.3, 0.4) is 0 Å². The summed E-state index contributed by atoms with van der Waals surface area (Å²) >= 11 is 0. The Hall–Kier alpha value is -3.28. The highest BCUT2D eigenvalue weighted by Gasteiger charge is 2.36. The van der Waals surface area contributed by atoms with Crippen LogP contribution in [-0.2, 0) is 14.8 Å². The standard InChI is InChI=1S/C26H32N4O6S/c1-3-17(2)24(29-25(32)22-15-18-9-4-5-11-21(18)36-22)26(33)28-19-10-8-14-30(16-20(19)31)37(34,35)23-12-6-7-13-27-23/h4-7,9,11-13,15,17,19-20,24,31H,3,8,10,14,16H2,1-2H3,(H,28,33)(H,29,32)/t17?,19?,20-,24?/m0/s1. The van der Waals surface area contributed by atoms with Crippen LogP contribution in [0, 0.1) is 5.92 Å². The molecule has 0 bridgehead atoms. The molecule has 3 heterocycles. The second-order valence-electron chi connectivity index (χ2n) is 9.34. The minimum atomic E-state index is -3.88. The molecule has 198 valence electrons. The summed E-state index contributed by atoms with van der Waals surface area (Å²) < 4.78 is 32.8. The molecule has 2 amide bonds. The molecule has 11 heteroatoms. The number of rotatable bonds is 8. The minimum absolute atomic E-state index is 0.0881. The third-order valence-corrected chi connectivity index (χ3v) is 8.56. The van der Waals surface area contributed by atoms with E-state index in [9.17, 15) is 23.1 Å². The van der Waals surface area contributed by atoms with Crippen LogP contribution in [0.5, 0.6) is 0 Å². The van der Waals surface area contributed by atoms with Gasteiger partial charge < -0.3 is 20.2 Å². The maximum atomic E-state index is 13.3. The number of furan rings is 1. The molecule has 3 N–H and O–H groups in total. The quantitative estimate of drug-likeness (QED) is 0.407. The topological polar surface area (TPSA) is 142 Å². The Morgan fingerprint density at radius 2 is 1.97 bits per heavy atom. The average molecular weight is 529 g/mol. The van der Waals surface area contributed by atoms with E-state index in [1.807, 2.05) is 32.0 Å². The van der Waals surface area contributed by atoms with E-state index >= 15 is 0 Å². The van der Waals surface area contributed by atoms with E-state index in [0.29, 0.717) is 24.8 Å². The van der Waals surface area contributed by atoms with Crippen LogP contribution in [0.15, 0.2) is 64.2 Å². The summed E-state index contributed by atoms with van der Waals surface area (Å²) in [5.74, 6) is -1.04. The number of aromatic nitrogens is 1. The first-order valence-corrected chi connectivity index (χ1v) is 13.8. The van der Waals surface area contributed by atoms with Crippen LogP contribution in [0.25, 0.3) is 11.0 Å². The molecule has 1 aromatic carbocycles. The zero-order valence-electron chi connectivity index (χ0n) is 20.8. The highest BCUT2D eigenvalue weighted by Crippen LogP contribution is 2.21. The molecule has 2 aromatic heterocycles. The molecule has 3 aromatic rings. The number of para-hydroxylation sites is 1. The molecule has 4 atom stereocenters. The highest BCUT2D eigenvalue weighted by atomic mass is 32.2. The molecular weight excluding hydrogens is 496 g/mol. The number of pyridine rings is 1. The maximum absolute atomic E-state index is 13.3. The third-order valence-electron chi connectivity index (χ3n) is 6.78. The van der Waals surface area contributed by atoms with Crippen molar-refractivity contribution in [3.63, 3.8) is 0 Å². The number of fused-ring (bicyclic) bond motifs is 1. The van der Waals surface area contributed by atoms with Crippen LogP contribution in [0.1, 0.15) is 43.7 Å². The number of amides is 2. The van der Waals surface area contributed by atoms with E-state index in [2.05, 4.69) is 15.6 Å². The summed E-state index contributed by atoms with van der Waals surface area (Å²) in [6.45, 7) is 3.79. The molecule has 3 unspecified atom stereocenters. The summed E-state index contributed by atoms with van der Waals surface area (Å²) in [5, 5.41) is 17.2. The van der Waals surface area contributed by atoms with Crippen LogP contribution in [0.2, 0.25) is 0 Å². The first kappa shape index (κ1) is 26.8. The van der Waals surface area contributed by atoms with E-state index < -0.39 is 40.0 Å². The molecule has 0 radical (unpaired) electrons. The van der Waals surface area contributed by atoms with Crippen molar-refractivity contribution >= 4 is 32.8 Å². The number of aliphatic hydroxyl groups is 1. The number of carbonyl (C=O) groups excluding carboxylic acids is 2. The van der Waals surface area contributed by atoms with Gasteiger partial charge in [0.05, 0.1) is 12.1 Å². The summed E-state index contributed by atoms with van der Waals surface area (Å²) in [6.07, 6.45) is 1.72. The van der Waals surface area contributed by atoms with Crippen molar-refractivity contribution in [1.29, 1.82) is 0 Å². The number of hydrogen-bond donors (Lipinski definition) is 3. The van der Waals surface area contributed by atoms with Gasteiger partial charge in [-0.3, -0.25) is 9.59 Å². The zero-order chi connectivity index (χ0) is 26.6. The number of carbonyl (C=O) groups is 2. The fourth-order valence-electron chi connectivity index (χ4n) is 4.41. The van der Waals surface area contributed by atoms with Gasteiger partial charge in [-0.1, -0.05) is 44.5 Å². The lowest BCUT2D eigenvalue weighted by Gasteiger charge is -2.28. The lowest BCUT2D eigenvalue weighted by Crippen LogP contribution is -2.55. The van der Waals surface area contributed by atoms with Gasteiger partial charge in [0.25, 0.3) is 15.9 Å². The molecule has 1 fully saturated rings. The van der Waals surface area contributed by atoms with Gasteiger partial charge in [0.1, 0.15) is 11.6 Å². The summed E-state index contributed by atoms with van der Waals surface area (Å²) in [5.41, 5.74) is 0.573. The molecule has 10 nitrogen and oxygen atoms in total. The lowest BCUT2D eigenvalue weighted by molar-refractivity contribution is -0.125. The van der Waals surface area contributed by atoms with Crippen molar-refractivity contribution in [2.24, 2.45) is 5.92 Å². The largest absolute Gasteiger partial charge is 0.451 e. The minimum Gasteiger partial charge on any atom is -0.451 e. The van der Waals surface area contributed by atoms with E-state index in [0.717, 1.165) is 5.39 Å². The second kappa shape index (κ2) is 11.4. The van der Waals surface area contributed by atoms with E-state index in [1.54, 1.807) is 24.3 Å². The predicted octanol–water partition coefficient (Wildman–Crippen LogP) is 2.30. The first-order chi connectivity index (χ1) is 17.7. The molecule has 4 rings (SSSR count). The molecule has 0 saturated carbocycles. The van der Waals surface area contributed by atoms with Gasteiger partial charge in [-0.25, -0.2) is 13.4 Å². The Morgan fingerprint density at radius 3 is 2.68 bits per heavy atom. The first-order valence-electron chi connectivity index (χ1n) is 12.4. The normalized spacial score (nSPS) is 20.6.